The molecule has 5 rings (SSSR count). The molecule has 1 unspecified atom stereocenters. The molecule has 4 saturated carbocycles. The molecule has 4 fully saturated rings. The van der Waals surface area contributed by atoms with Gasteiger partial charge in [0.1, 0.15) is 12.2 Å². The van der Waals surface area contributed by atoms with Gasteiger partial charge in [-0.15, -0.1) is 0 Å². The number of allylic oxidation sites excluding steroid dienone is 2. The SMILES string of the molecule is CC(=O)O[C@H]1C[C@@]2(C)[C@@H](C[C@@H](O)C3[C@]2(C)CC[C@H]2[C@H](C)[C@H](OC(=O)c4ccc(S(C)(=O)=O)cc4)CC[C@]32C)/C1=C(\CCC=C(C)C)C(=O)O. The summed E-state index contributed by atoms with van der Waals surface area (Å²) in [5, 5.41) is 22.7. The van der Waals surface area contributed by atoms with Crippen molar-refractivity contribution >= 4 is 27.7 Å². The summed E-state index contributed by atoms with van der Waals surface area (Å²) in [6, 6.07) is 5.82. The number of carboxylic acids is 1. The molecule has 1 aromatic rings. The van der Waals surface area contributed by atoms with Crippen molar-refractivity contribution in [2.24, 2.45) is 39.9 Å². The highest BCUT2D eigenvalue weighted by molar-refractivity contribution is 7.90. The minimum Gasteiger partial charge on any atom is -0.478 e. The number of hydrogen-bond acceptors (Lipinski definition) is 8. The number of esters is 2. The Labute approximate surface area is 291 Å². The number of hydrogen-bond donors (Lipinski definition) is 2. The van der Waals surface area contributed by atoms with Gasteiger partial charge in [0, 0.05) is 18.8 Å². The van der Waals surface area contributed by atoms with Gasteiger partial charge in [0.15, 0.2) is 9.84 Å². The number of sulfone groups is 1. The third-order valence-electron chi connectivity index (χ3n) is 13.3. The average molecular weight is 699 g/mol. The van der Waals surface area contributed by atoms with Crippen LogP contribution in [0.4, 0.5) is 0 Å². The summed E-state index contributed by atoms with van der Waals surface area (Å²) in [6.07, 6.45) is 6.37. The first kappa shape index (κ1) is 37.3. The molecule has 10 heteroatoms. The van der Waals surface area contributed by atoms with Gasteiger partial charge in [-0.2, -0.15) is 0 Å². The summed E-state index contributed by atoms with van der Waals surface area (Å²) in [5.41, 5.74) is 1.34. The lowest BCUT2D eigenvalue weighted by Gasteiger charge is -2.69. The highest BCUT2D eigenvalue weighted by atomic mass is 32.2. The summed E-state index contributed by atoms with van der Waals surface area (Å²) < 4.78 is 35.8. The number of fused-ring (bicyclic) bond motifs is 5. The maximum atomic E-state index is 13.2. The molecule has 270 valence electrons. The zero-order chi connectivity index (χ0) is 36.3. The number of aliphatic carboxylic acids is 1. The van der Waals surface area contributed by atoms with E-state index in [4.69, 9.17) is 9.47 Å². The van der Waals surface area contributed by atoms with Crippen molar-refractivity contribution in [2.75, 3.05) is 6.26 Å². The van der Waals surface area contributed by atoms with Crippen LogP contribution in [0.3, 0.4) is 0 Å². The molecule has 4 aliphatic rings. The molecule has 1 aromatic carbocycles. The van der Waals surface area contributed by atoms with Crippen LogP contribution in [-0.4, -0.2) is 61.1 Å². The highest BCUT2D eigenvalue weighted by Crippen LogP contribution is 2.74. The number of ether oxygens (including phenoxy) is 2. The predicted octanol–water partition coefficient (Wildman–Crippen LogP) is 6.93. The van der Waals surface area contributed by atoms with Crippen molar-refractivity contribution in [3.05, 3.63) is 52.6 Å². The van der Waals surface area contributed by atoms with Gasteiger partial charge in [-0.1, -0.05) is 39.3 Å². The Balaban J connectivity index is 1.44. The van der Waals surface area contributed by atoms with Crippen LogP contribution < -0.4 is 0 Å². The maximum absolute atomic E-state index is 13.2. The van der Waals surface area contributed by atoms with Crippen LogP contribution in [-0.2, 0) is 28.9 Å². The normalized spacial score (nSPS) is 37.9. The number of carbonyl (C=O) groups excluding carboxylic acids is 2. The molecule has 10 atom stereocenters. The van der Waals surface area contributed by atoms with Crippen LogP contribution in [0.15, 0.2) is 52.0 Å². The summed E-state index contributed by atoms with van der Waals surface area (Å²) in [4.78, 5) is 38.5. The first-order valence-electron chi connectivity index (χ1n) is 17.7. The van der Waals surface area contributed by atoms with Crippen molar-refractivity contribution in [3.63, 3.8) is 0 Å². The van der Waals surface area contributed by atoms with E-state index in [1.807, 2.05) is 19.9 Å². The monoisotopic (exact) mass is 698 g/mol. The van der Waals surface area contributed by atoms with Crippen LogP contribution in [0.25, 0.3) is 0 Å². The molecule has 0 aromatic heterocycles. The predicted molar refractivity (Wildman–Crippen MR) is 185 cm³/mol. The largest absolute Gasteiger partial charge is 0.478 e. The highest BCUT2D eigenvalue weighted by Gasteiger charge is 2.71. The van der Waals surface area contributed by atoms with Crippen molar-refractivity contribution in [1.29, 1.82) is 0 Å². The Bertz CT molecular complexity index is 1650. The molecule has 0 radical (unpaired) electrons. The summed E-state index contributed by atoms with van der Waals surface area (Å²) in [7, 11) is -3.38. The molecule has 0 saturated heterocycles. The minimum absolute atomic E-state index is 0.0294. The topological polar surface area (TPSA) is 144 Å². The molecule has 0 aliphatic heterocycles. The summed E-state index contributed by atoms with van der Waals surface area (Å²) >= 11 is 0. The van der Waals surface area contributed by atoms with E-state index in [9.17, 15) is 33.0 Å². The molecular formula is C39H54O9S. The van der Waals surface area contributed by atoms with Crippen molar-refractivity contribution in [3.8, 4) is 0 Å². The number of aliphatic hydroxyl groups is 1. The van der Waals surface area contributed by atoms with E-state index in [1.54, 1.807) is 0 Å². The van der Waals surface area contributed by atoms with Crippen LogP contribution >= 0.6 is 0 Å². The minimum atomic E-state index is -3.38. The fourth-order valence-corrected chi connectivity index (χ4v) is 11.6. The van der Waals surface area contributed by atoms with Crippen molar-refractivity contribution < 1.29 is 42.5 Å². The van der Waals surface area contributed by atoms with Crippen LogP contribution in [0.5, 0.6) is 0 Å². The second-order valence-corrected chi connectivity index (χ2v) is 18.3. The van der Waals surface area contributed by atoms with E-state index in [-0.39, 0.29) is 45.5 Å². The van der Waals surface area contributed by atoms with E-state index >= 15 is 0 Å². The van der Waals surface area contributed by atoms with Gasteiger partial charge in [-0.25, -0.2) is 18.0 Å². The van der Waals surface area contributed by atoms with Gasteiger partial charge in [-0.05, 0) is 135 Å². The molecule has 0 heterocycles. The lowest BCUT2D eigenvalue weighted by molar-refractivity contribution is -0.234. The Morgan fingerprint density at radius 1 is 0.980 bits per heavy atom. The number of benzene rings is 1. The Morgan fingerprint density at radius 2 is 1.63 bits per heavy atom. The van der Waals surface area contributed by atoms with E-state index < -0.39 is 45.4 Å². The zero-order valence-corrected chi connectivity index (χ0v) is 31.1. The lowest BCUT2D eigenvalue weighted by Crippen LogP contribution is -2.65. The lowest BCUT2D eigenvalue weighted by atomic mass is 9.36. The third kappa shape index (κ3) is 6.52. The van der Waals surface area contributed by atoms with Gasteiger partial charge in [-0.3, -0.25) is 4.79 Å². The van der Waals surface area contributed by atoms with Crippen molar-refractivity contribution in [2.45, 2.75) is 123 Å². The van der Waals surface area contributed by atoms with Crippen LogP contribution in [0, 0.1) is 39.9 Å². The van der Waals surface area contributed by atoms with Gasteiger partial charge >= 0.3 is 17.9 Å². The Kier molecular flexibility index (Phi) is 10.1. The van der Waals surface area contributed by atoms with Gasteiger partial charge in [0.05, 0.1) is 16.6 Å². The molecule has 2 N–H and O–H groups in total. The number of aliphatic hydroxyl groups excluding tert-OH is 1. The van der Waals surface area contributed by atoms with Crippen LogP contribution in [0.1, 0.15) is 110 Å². The zero-order valence-electron chi connectivity index (χ0n) is 30.2. The second-order valence-electron chi connectivity index (χ2n) is 16.3. The van der Waals surface area contributed by atoms with E-state index in [0.717, 1.165) is 31.1 Å². The standard InChI is InChI=1S/C39H54O9S/c1-22(2)10-9-11-27(35(42)43)33-29-20-30(41)34-37(5)18-17-31(48-36(44)25-12-14-26(15-13-25)49(8,45)46)23(3)28(37)16-19-38(34,6)39(29,7)21-32(33)47-24(4)40/h10,12-15,23,28-32,34,41H,9,11,16-21H2,1-8H3,(H,42,43)/b33-27-/t23-,28-,29-,30+,31+,32-,34?,37-,38-,39-/m0/s1. The van der Waals surface area contributed by atoms with Gasteiger partial charge in [0.2, 0.25) is 0 Å². The summed E-state index contributed by atoms with van der Waals surface area (Å²) in [5.74, 6) is -2.03. The van der Waals surface area contributed by atoms with Crippen LogP contribution in [0.2, 0.25) is 0 Å². The average Bonchev–Trinajstić information content (AvgIpc) is 3.27. The van der Waals surface area contributed by atoms with E-state index in [0.29, 0.717) is 48.8 Å². The van der Waals surface area contributed by atoms with Gasteiger partial charge in [0.25, 0.3) is 0 Å². The van der Waals surface area contributed by atoms with Crippen molar-refractivity contribution in [1.82, 2.24) is 0 Å². The molecular weight excluding hydrogens is 644 g/mol. The second kappa shape index (κ2) is 13.3. The molecule has 0 bridgehead atoms. The molecule has 4 aliphatic carbocycles. The molecule has 0 spiro atoms. The smallest absolute Gasteiger partial charge is 0.338 e. The van der Waals surface area contributed by atoms with E-state index in [1.165, 1.54) is 31.2 Å². The fraction of sp³-hybridized carbons (Fsp3) is 0.667. The number of carbonyl (C=O) groups is 3. The number of carboxylic acid groups (broad SMARTS) is 1. The molecule has 49 heavy (non-hydrogen) atoms. The summed E-state index contributed by atoms with van der Waals surface area (Å²) in [6.45, 7) is 14.2. The fourth-order valence-electron chi connectivity index (χ4n) is 11.0. The third-order valence-corrected chi connectivity index (χ3v) is 14.4. The van der Waals surface area contributed by atoms with Gasteiger partial charge < -0.3 is 19.7 Å². The maximum Gasteiger partial charge on any atom is 0.338 e. The quantitative estimate of drug-likeness (QED) is 0.168. The molecule has 9 nitrogen and oxygen atoms in total. The molecule has 0 amide bonds. The van der Waals surface area contributed by atoms with E-state index in [2.05, 4.69) is 27.7 Å². The Hall–Kier alpha value is -2.98. The first-order valence-corrected chi connectivity index (χ1v) is 19.6. The first-order chi connectivity index (χ1) is 22.7. The Morgan fingerprint density at radius 3 is 2.20 bits per heavy atom. The number of rotatable bonds is 8.